The van der Waals surface area contributed by atoms with Crippen LogP contribution in [-0.4, -0.2) is 27.5 Å². The van der Waals surface area contributed by atoms with E-state index in [4.69, 9.17) is 0 Å². The van der Waals surface area contributed by atoms with Gasteiger partial charge in [0.25, 0.3) is 0 Å². The molecule has 0 unspecified atom stereocenters. The molecular weight excluding hydrogens is 247 g/mol. The van der Waals surface area contributed by atoms with E-state index in [2.05, 4.69) is 4.98 Å². The SMILES string of the molecule is CC(C)(F)C(F)(F)/C(O)=C/C(=O)c1cccnc1. The van der Waals surface area contributed by atoms with Gasteiger partial charge in [-0.05, 0) is 26.0 Å². The summed E-state index contributed by atoms with van der Waals surface area (Å²) in [5.74, 6) is -6.61. The van der Waals surface area contributed by atoms with Gasteiger partial charge < -0.3 is 5.11 Å². The van der Waals surface area contributed by atoms with E-state index >= 15 is 0 Å². The van der Waals surface area contributed by atoms with Gasteiger partial charge in [-0.3, -0.25) is 9.78 Å². The maximum Gasteiger partial charge on any atom is 0.336 e. The lowest BCUT2D eigenvalue weighted by Crippen LogP contribution is -2.40. The highest BCUT2D eigenvalue weighted by Gasteiger charge is 2.51. The second-order valence-electron chi connectivity index (χ2n) is 4.18. The summed E-state index contributed by atoms with van der Waals surface area (Å²) in [6, 6.07) is 2.78. The number of rotatable bonds is 4. The van der Waals surface area contributed by atoms with Gasteiger partial charge in [0.05, 0.1) is 0 Å². The number of aromatic nitrogens is 1. The van der Waals surface area contributed by atoms with Crippen LogP contribution in [0, 0.1) is 0 Å². The van der Waals surface area contributed by atoms with Gasteiger partial charge in [0.2, 0.25) is 0 Å². The van der Waals surface area contributed by atoms with Crippen LogP contribution < -0.4 is 0 Å². The molecule has 0 aliphatic rings. The Labute approximate surface area is 102 Å². The Bertz CT molecular complexity index is 464. The van der Waals surface area contributed by atoms with Gasteiger partial charge in [-0.25, -0.2) is 4.39 Å². The van der Waals surface area contributed by atoms with Crippen LogP contribution in [0.3, 0.4) is 0 Å². The summed E-state index contributed by atoms with van der Waals surface area (Å²) in [6.07, 6.45) is 2.86. The minimum atomic E-state index is -4.13. The number of carbonyl (C=O) groups is 1. The molecule has 0 bridgehead atoms. The molecule has 0 aliphatic heterocycles. The maximum absolute atomic E-state index is 13.3. The van der Waals surface area contributed by atoms with Crippen molar-refractivity contribution in [2.45, 2.75) is 25.4 Å². The number of aliphatic hydroxyl groups is 1. The molecule has 0 aromatic carbocycles. The van der Waals surface area contributed by atoms with Crippen LogP contribution in [0.5, 0.6) is 0 Å². The van der Waals surface area contributed by atoms with Gasteiger partial charge >= 0.3 is 5.92 Å². The number of ketones is 1. The lowest BCUT2D eigenvalue weighted by atomic mass is 9.99. The van der Waals surface area contributed by atoms with Crippen molar-refractivity contribution in [3.05, 3.63) is 41.9 Å². The monoisotopic (exact) mass is 259 g/mol. The zero-order valence-corrected chi connectivity index (χ0v) is 9.82. The first-order valence-corrected chi connectivity index (χ1v) is 5.08. The number of hydrogen-bond donors (Lipinski definition) is 1. The van der Waals surface area contributed by atoms with E-state index in [1.165, 1.54) is 18.3 Å². The first kappa shape index (κ1) is 14.2. The molecule has 0 saturated heterocycles. The minimum absolute atomic E-state index is 0.0246. The third-order valence-electron chi connectivity index (χ3n) is 2.28. The number of aliphatic hydroxyl groups excluding tert-OH is 1. The smallest absolute Gasteiger partial charge is 0.336 e. The molecule has 98 valence electrons. The fraction of sp³-hybridized carbons (Fsp3) is 0.333. The number of allylic oxidation sites excluding steroid dienone is 2. The maximum atomic E-state index is 13.3. The van der Waals surface area contributed by atoms with E-state index in [9.17, 15) is 23.1 Å². The molecule has 1 N–H and O–H groups in total. The lowest BCUT2D eigenvalue weighted by Gasteiger charge is -2.25. The van der Waals surface area contributed by atoms with Gasteiger partial charge in [0, 0.05) is 24.0 Å². The summed E-state index contributed by atoms with van der Waals surface area (Å²) < 4.78 is 39.9. The van der Waals surface area contributed by atoms with Crippen LogP contribution in [0.1, 0.15) is 24.2 Å². The molecule has 1 rings (SSSR count). The van der Waals surface area contributed by atoms with Crippen molar-refractivity contribution in [2.24, 2.45) is 0 Å². The molecule has 1 heterocycles. The van der Waals surface area contributed by atoms with Crippen LogP contribution in [0.2, 0.25) is 0 Å². The Morgan fingerprint density at radius 3 is 2.44 bits per heavy atom. The molecule has 1 aromatic heterocycles. The standard InChI is InChI=1S/C12H12F3NO2/c1-11(2,13)12(14,15)10(18)6-9(17)8-4-3-5-16-7-8/h3-7,18H,1-2H3/b10-6-. The van der Waals surface area contributed by atoms with E-state index in [1.807, 2.05) is 0 Å². The molecule has 1 aromatic rings. The molecule has 0 atom stereocenters. The van der Waals surface area contributed by atoms with Crippen LogP contribution in [0.4, 0.5) is 13.2 Å². The van der Waals surface area contributed by atoms with Crippen molar-refractivity contribution in [1.82, 2.24) is 4.98 Å². The predicted molar refractivity (Wildman–Crippen MR) is 59.4 cm³/mol. The number of carbonyl (C=O) groups excluding carboxylic acids is 1. The molecule has 0 radical (unpaired) electrons. The Morgan fingerprint density at radius 1 is 1.39 bits per heavy atom. The molecule has 6 heteroatoms. The second kappa shape index (κ2) is 4.80. The summed E-state index contributed by atoms with van der Waals surface area (Å²) in [7, 11) is 0. The normalized spacial score (nSPS) is 13.5. The Morgan fingerprint density at radius 2 is 2.00 bits per heavy atom. The lowest BCUT2D eigenvalue weighted by molar-refractivity contribution is -0.113. The molecule has 3 nitrogen and oxygen atoms in total. The highest BCUT2D eigenvalue weighted by atomic mass is 19.3. The molecule has 0 saturated carbocycles. The van der Waals surface area contributed by atoms with Crippen molar-refractivity contribution in [2.75, 3.05) is 0 Å². The topological polar surface area (TPSA) is 50.2 Å². The van der Waals surface area contributed by atoms with E-state index in [-0.39, 0.29) is 5.56 Å². The van der Waals surface area contributed by atoms with Crippen molar-refractivity contribution in [3.8, 4) is 0 Å². The van der Waals surface area contributed by atoms with Gasteiger partial charge in [-0.1, -0.05) is 0 Å². The first-order valence-electron chi connectivity index (χ1n) is 5.08. The van der Waals surface area contributed by atoms with Crippen molar-refractivity contribution < 1.29 is 23.1 Å². The molecule has 0 amide bonds. The molecule has 18 heavy (non-hydrogen) atoms. The number of nitrogens with zero attached hydrogens (tertiary/aromatic N) is 1. The van der Waals surface area contributed by atoms with Crippen molar-refractivity contribution >= 4 is 5.78 Å². The van der Waals surface area contributed by atoms with Crippen LogP contribution in [0.25, 0.3) is 0 Å². The molecule has 0 fully saturated rings. The van der Waals surface area contributed by atoms with E-state index in [0.29, 0.717) is 19.9 Å². The van der Waals surface area contributed by atoms with E-state index in [0.717, 1.165) is 6.20 Å². The number of halogens is 3. The molecule has 0 spiro atoms. The predicted octanol–water partition coefficient (Wildman–Crippen LogP) is 3.09. The van der Waals surface area contributed by atoms with Gasteiger partial charge in [-0.2, -0.15) is 8.78 Å². The van der Waals surface area contributed by atoms with E-state index < -0.39 is 23.1 Å². The average molecular weight is 259 g/mol. The zero-order valence-electron chi connectivity index (χ0n) is 9.82. The fourth-order valence-electron chi connectivity index (χ4n) is 1.11. The van der Waals surface area contributed by atoms with E-state index in [1.54, 1.807) is 0 Å². The quantitative estimate of drug-likeness (QED) is 0.513. The van der Waals surface area contributed by atoms with Crippen molar-refractivity contribution in [3.63, 3.8) is 0 Å². The molecule has 0 aliphatic carbocycles. The third kappa shape index (κ3) is 2.88. The van der Waals surface area contributed by atoms with Crippen molar-refractivity contribution in [1.29, 1.82) is 0 Å². The summed E-state index contributed by atoms with van der Waals surface area (Å²) in [4.78, 5) is 15.1. The minimum Gasteiger partial charge on any atom is -0.506 e. The Balaban J connectivity index is 3.01. The number of alkyl halides is 3. The molecular formula is C12H12F3NO2. The highest BCUT2D eigenvalue weighted by molar-refractivity contribution is 6.04. The van der Waals surface area contributed by atoms with Gasteiger partial charge in [0.1, 0.15) is 0 Å². The number of hydrogen-bond acceptors (Lipinski definition) is 3. The summed E-state index contributed by atoms with van der Waals surface area (Å²) in [5.41, 5.74) is -2.94. The summed E-state index contributed by atoms with van der Waals surface area (Å²) >= 11 is 0. The largest absolute Gasteiger partial charge is 0.506 e. The summed E-state index contributed by atoms with van der Waals surface area (Å²) in [6.45, 7) is 1.23. The van der Waals surface area contributed by atoms with Crippen LogP contribution in [0.15, 0.2) is 36.4 Å². The average Bonchev–Trinajstić information content (AvgIpc) is 2.28. The number of pyridine rings is 1. The Kier molecular flexibility index (Phi) is 3.79. The van der Waals surface area contributed by atoms with Crippen LogP contribution in [-0.2, 0) is 0 Å². The summed E-state index contributed by atoms with van der Waals surface area (Å²) in [5, 5.41) is 9.17. The first-order chi connectivity index (χ1) is 8.16. The van der Waals surface area contributed by atoms with Gasteiger partial charge in [-0.15, -0.1) is 0 Å². The Hall–Kier alpha value is -1.85. The third-order valence-corrected chi connectivity index (χ3v) is 2.28. The fourth-order valence-corrected chi connectivity index (χ4v) is 1.11. The highest BCUT2D eigenvalue weighted by Crippen LogP contribution is 2.37. The van der Waals surface area contributed by atoms with Gasteiger partial charge in [0.15, 0.2) is 17.2 Å². The zero-order chi connectivity index (χ0) is 14.0. The second-order valence-corrected chi connectivity index (χ2v) is 4.18. The van der Waals surface area contributed by atoms with Crippen LogP contribution >= 0.6 is 0 Å².